The van der Waals surface area contributed by atoms with E-state index in [1.165, 1.54) is 77.0 Å². The molecule has 2 fully saturated rings. The van der Waals surface area contributed by atoms with E-state index in [1.54, 1.807) is 0 Å². The first kappa shape index (κ1) is 13.9. The number of hydrogen-bond acceptors (Lipinski definition) is 2. The summed E-state index contributed by atoms with van der Waals surface area (Å²) in [5.41, 5.74) is 0. The van der Waals surface area contributed by atoms with Crippen LogP contribution in [0.4, 0.5) is 0 Å². The highest BCUT2D eigenvalue weighted by atomic mass is 15.0. The van der Waals surface area contributed by atoms with Crippen molar-refractivity contribution in [1.29, 1.82) is 5.26 Å². The van der Waals surface area contributed by atoms with Crippen LogP contribution in [0.25, 0.3) is 0 Å². The fraction of sp³-hybridized carbons (Fsp3) is 0.938. The number of rotatable bonds is 3. The summed E-state index contributed by atoms with van der Waals surface area (Å²) in [6.45, 7) is 0. The van der Waals surface area contributed by atoms with Gasteiger partial charge in [0.15, 0.2) is 0 Å². The predicted molar refractivity (Wildman–Crippen MR) is 75.2 cm³/mol. The van der Waals surface area contributed by atoms with Crippen molar-refractivity contribution < 1.29 is 0 Å². The van der Waals surface area contributed by atoms with E-state index < -0.39 is 0 Å². The molecule has 1 N–H and O–H groups in total. The quantitative estimate of drug-likeness (QED) is 0.761. The van der Waals surface area contributed by atoms with Crippen LogP contribution < -0.4 is 5.32 Å². The first-order valence-electron chi connectivity index (χ1n) is 8.06. The third-order valence-electron chi connectivity index (χ3n) is 4.78. The first-order valence-corrected chi connectivity index (χ1v) is 8.06. The second-order valence-corrected chi connectivity index (χ2v) is 6.21. The highest BCUT2D eigenvalue weighted by molar-refractivity contribution is 4.97. The molecule has 0 amide bonds. The number of hydrogen-bond donors (Lipinski definition) is 1. The molecule has 0 bridgehead atoms. The third-order valence-corrected chi connectivity index (χ3v) is 4.78. The van der Waals surface area contributed by atoms with E-state index >= 15 is 0 Å². The van der Waals surface area contributed by atoms with E-state index in [0.29, 0.717) is 12.0 Å². The average Bonchev–Trinajstić information content (AvgIpc) is 2.80. The molecule has 0 aromatic carbocycles. The summed E-state index contributed by atoms with van der Waals surface area (Å²) in [6, 6.07) is 3.28. The molecular weight excluding hydrogens is 220 g/mol. The minimum Gasteiger partial charge on any atom is -0.299 e. The Bertz CT molecular complexity index is 253. The smallest absolute Gasteiger partial charge is 0.0983 e. The maximum atomic E-state index is 9.46. The molecule has 2 aliphatic rings. The second kappa shape index (κ2) is 7.79. The van der Waals surface area contributed by atoms with Crippen LogP contribution in [-0.4, -0.2) is 12.1 Å². The third kappa shape index (κ3) is 4.28. The first-order chi connectivity index (χ1) is 8.90. The summed E-state index contributed by atoms with van der Waals surface area (Å²) in [7, 11) is 0. The van der Waals surface area contributed by atoms with Crippen LogP contribution in [0.5, 0.6) is 0 Å². The molecule has 0 aromatic heterocycles. The zero-order chi connectivity index (χ0) is 12.6. The molecule has 2 heteroatoms. The van der Waals surface area contributed by atoms with Crippen molar-refractivity contribution in [3.8, 4) is 6.07 Å². The van der Waals surface area contributed by atoms with Gasteiger partial charge in [-0.25, -0.2) is 0 Å². The lowest BCUT2D eigenvalue weighted by molar-refractivity contribution is 0.324. The molecule has 0 saturated heterocycles. The summed E-state index contributed by atoms with van der Waals surface area (Å²) in [5.74, 6) is 0.612. The van der Waals surface area contributed by atoms with Crippen LogP contribution in [-0.2, 0) is 0 Å². The van der Waals surface area contributed by atoms with Crippen molar-refractivity contribution in [1.82, 2.24) is 5.32 Å². The van der Waals surface area contributed by atoms with Gasteiger partial charge in [-0.1, -0.05) is 51.4 Å². The van der Waals surface area contributed by atoms with Crippen molar-refractivity contribution in [3.63, 3.8) is 0 Å². The summed E-state index contributed by atoms with van der Waals surface area (Å²) >= 11 is 0. The molecular formula is C16H28N2. The molecule has 2 rings (SSSR count). The molecule has 18 heavy (non-hydrogen) atoms. The van der Waals surface area contributed by atoms with Gasteiger partial charge in [0, 0.05) is 6.04 Å². The van der Waals surface area contributed by atoms with Gasteiger partial charge < -0.3 is 0 Å². The average molecular weight is 248 g/mol. The van der Waals surface area contributed by atoms with Gasteiger partial charge in [0.25, 0.3) is 0 Å². The topological polar surface area (TPSA) is 35.8 Å². The fourth-order valence-corrected chi connectivity index (χ4v) is 3.62. The molecule has 2 nitrogen and oxygen atoms in total. The number of nitrogens with one attached hydrogen (secondary N) is 1. The molecule has 1 unspecified atom stereocenters. The molecule has 0 aliphatic heterocycles. The van der Waals surface area contributed by atoms with E-state index in [1.807, 2.05) is 0 Å². The molecule has 2 saturated carbocycles. The molecule has 0 radical (unpaired) electrons. The van der Waals surface area contributed by atoms with Crippen molar-refractivity contribution in [2.24, 2.45) is 5.92 Å². The van der Waals surface area contributed by atoms with Crippen molar-refractivity contribution >= 4 is 0 Å². The van der Waals surface area contributed by atoms with E-state index in [4.69, 9.17) is 0 Å². The lowest BCUT2D eigenvalue weighted by Gasteiger charge is -2.26. The van der Waals surface area contributed by atoms with E-state index in [-0.39, 0.29) is 6.04 Å². The monoisotopic (exact) mass is 248 g/mol. The number of nitriles is 1. The highest BCUT2D eigenvalue weighted by Gasteiger charge is 2.25. The highest BCUT2D eigenvalue weighted by Crippen LogP contribution is 2.27. The Morgan fingerprint density at radius 1 is 0.778 bits per heavy atom. The van der Waals surface area contributed by atoms with Crippen LogP contribution in [0.15, 0.2) is 0 Å². The normalized spacial score (nSPS) is 25.9. The Morgan fingerprint density at radius 2 is 1.28 bits per heavy atom. The van der Waals surface area contributed by atoms with Gasteiger partial charge in [-0.2, -0.15) is 5.26 Å². The fourth-order valence-electron chi connectivity index (χ4n) is 3.62. The summed E-state index contributed by atoms with van der Waals surface area (Å²) in [4.78, 5) is 0. The second-order valence-electron chi connectivity index (χ2n) is 6.21. The minimum absolute atomic E-state index is 0.117. The van der Waals surface area contributed by atoms with Gasteiger partial charge in [0.2, 0.25) is 0 Å². The van der Waals surface area contributed by atoms with Crippen molar-refractivity contribution in [2.75, 3.05) is 0 Å². The van der Waals surface area contributed by atoms with E-state index in [2.05, 4.69) is 11.4 Å². The van der Waals surface area contributed by atoms with E-state index in [9.17, 15) is 5.26 Å². The van der Waals surface area contributed by atoms with Crippen molar-refractivity contribution in [3.05, 3.63) is 0 Å². The van der Waals surface area contributed by atoms with Gasteiger partial charge in [-0.15, -0.1) is 0 Å². The molecule has 102 valence electrons. The Labute approximate surface area is 112 Å². The van der Waals surface area contributed by atoms with E-state index in [0.717, 1.165) is 0 Å². The lowest BCUT2D eigenvalue weighted by atomic mass is 9.91. The molecule has 0 heterocycles. The molecule has 2 aliphatic carbocycles. The summed E-state index contributed by atoms with van der Waals surface area (Å²) in [5, 5.41) is 13.1. The zero-order valence-corrected chi connectivity index (χ0v) is 11.7. The summed E-state index contributed by atoms with van der Waals surface area (Å²) < 4.78 is 0. The lowest BCUT2D eigenvalue weighted by Crippen LogP contribution is -2.41. The Kier molecular flexibility index (Phi) is 6.00. The molecule has 0 aromatic rings. The number of nitrogens with zero attached hydrogens (tertiary/aromatic N) is 1. The Morgan fingerprint density at radius 3 is 1.78 bits per heavy atom. The van der Waals surface area contributed by atoms with Crippen LogP contribution in [0.3, 0.4) is 0 Å². The van der Waals surface area contributed by atoms with Crippen LogP contribution in [0.2, 0.25) is 0 Å². The van der Waals surface area contributed by atoms with Crippen LogP contribution in [0.1, 0.15) is 77.0 Å². The van der Waals surface area contributed by atoms with Crippen LogP contribution in [0, 0.1) is 17.2 Å². The summed E-state index contributed by atoms with van der Waals surface area (Å²) in [6.07, 6.45) is 16.0. The van der Waals surface area contributed by atoms with Gasteiger partial charge in [0.05, 0.1) is 12.1 Å². The zero-order valence-electron chi connectivity index (χ0n) is 11.7. The van der Waals surface area contributed by atoms with Gasteiger partial charge in [0.1, 0.15) is 0 Å². The van der Waals surface area contributed by atoms with Gasteiger partial charge in [-0.05, 0) is 31.6 Å². The Hall–Kier alpha value is -0.550. The standard InChI is InChI=1S/C16H28N2/c17-13-16(14-9-5-1-2-6-10-14)18-15-11-7-3-4-8-12-15/h14-16,18H,1-12H2. The minimum atomic E-state index is 0.117. The van der Waals surface area contributed by atoms with Gasteiger partial charge >= 0.3 is 0 Å². The molecule has 0 spiro atoms. The maximum Gasteiger partial charge on any atom is 0.0983 e. The predicted octanol–water partition coefficient (Wildman–Crippen LogP) is 4.16. The van der Waals surface area contributed by atoms with Crippen molar-refractivity contribution in [2.45, 2.75) is 89.1 Å². The Balaban J connectivity index is 1.85. The van der Waals surface area contributed by atoms with Crippen LogP contribution >= 0.6 is 0 Å². The maximum absolute atomic E-state index is 9.46. The van der Waals surface area contributed by atoms with Gasteiger partial charge in [-0.3, -0.25) is 5.32 Å². The molecule has 1 atom stereocenters. The largest absolute Gasteiger partial charge is 0.299 e. The SMILES string of the molecule is N#CC(NC1CCCCCC1)C1CCCCCC1.